The van der Waals surface area contributed by atoms with Crippen molar-refractivity contribution in [1.82, 2.24) is 25.1 Å². The van der Waals surface area contributed by atoms with Gasteiger partial charge in [-0.25, -0.2) is 0 Å². The zero-order chi connectivity index (χ0) is 13.4. The molecule has 1 unspecified atom stereocenters. The van der Waals surface area contributed by atoms with E-state index in [1.165, 1.54) is 12.8 Å². The van der Waals surface area contributed by atoms with Crippen molar-refractivity contribution in [2.75, 3.05) is 32.1 Å². The van der Waals surface area contributed by atoms with E-state index in [0.717, 1.165) is 24.3 Å². The molecule has 0 aromatic carbocycles. The van der Waals surface area contributed by atoms with E-state index < -0.39 is 0 Å². The summed E-state index contributed by atoms with van der Waals surface area (Å²) in [7, 11) is 4.19. The van der Waals surface area contributed by atoms with E-state index >= 15 is 0 Å². The highest BCUT2D eigenvalue weighted by Crippen LogP contribution is 2.30. The molecule has 6 nitrogen and oxygen atoms in total. The summed E-state index contributed by atoms with van der Waals surface area (Å²) in [4.78, 5) is 13.1. The number of hydrogen-bond donors (Lipinski definition) is 1. The second-order valence-corrected chi connectivity index (χ2v) is 5.54. The lowest BCUT2D eigenvalue weighted by Gasteiger charge is -2.28. The molecule has 19 heavy (non-hydrogen) atoms. The van der Waals surface area contributed by atoms with Crippen molar-refractivity contribution in [2.45, 2.75) is 18.9 Å². The molecule has 0 bridgehead atoms. The highest BCUT2D eigenvalue weighted by Gasteiger charge is 2.28. The van der Waals surface area contributed by atoms with E-state index in [9.17, 15) is 0 Å². The van der Waals surface area contributed by atoms with Gasteiger partial charge in [0, 0.05) is 19.1 Å². The highest BCUT2D eigenvalue weighted by molar-refractivity contribution is 6.28. The average molecular weight is 281 g/mol. The van der Waals surface area contributed by atoms with E-state index in [1.54, 1.807) is 6.20 Å². The molecule has 102 valence electrons. The Morgan fingerprint density at radius 1 is 1.47 bits per heavy atom. The van der Waals surface area contributed by atoms with Crippen LogP contribution in [-0.4, -0.2) is 58.3 Å². The molecule has 2 aromatic heterocycles. The topological polar surface area (TPSA) is 60.9 Å². The number of hydrogen-bond acceptors (Lipinski definition) is 5. The van der Waals surface area contributed by atoms with Gasteiger partial charge < -0.3 is 9.80 Å². The van der Waals surface area contributed by atoms with Crippen LogP contribution >= 0.6 is 11.6 Å². The van der Waals surface area contributed by atoms with Crippen LogP contribution < -0.4 is 4.90 Å². The predicted octanol–water partition coefficient (Wildman–Crippen LogP) is 1.54. The maximum absolute atomic E-state index is 6.01. The zero-order valence-electron chi connectivity index (χ0n) is 11.1. The maximum atomic E-state index is 6.01. The quantitative estimate of drug-likeness (QED) is 0.864. The summed E-state index contributed by atoms with van der Waals surface area (Å²) in [5, 5.41) is 8.10. The standard InChI is InChI=1S/C12H17ClN6/c1-18(2)7-8-4-3-5-19(8)11-9-6-14-17-10(9)15-12(13)16-11/h6,8H,3-5,7H2,1-2H3,(H,14,15,16,17). The molecule has 3 heterocycles. The van der Waals surface area contributed by atoms with Gasteiger partial charge in [-0.1, -0.05) is 0 Å². The number of rotatable bonds is 3. The molecule has 0 aliphatic carbocycles. The first kappa shape index (κ1) is 12.6. The van der Waals surface area contributed by atoms with Crippen LogP contribution in [0.4, 0.5) is 5.82 Å². The van der Waals surface area contributed by atoms with Gasteiger partial charge in [0.2, 0.25) is 5.28 Å². The summed E-state index contributed by atoms with van der Waals surface area (Å²) in [5.74, 6) is 0.896. The molecule has 0 saturated carbocycles. The Balaban J connectivity index is 2.00. The summed E-state index contributed by atoms with van der Waals surface area (Å²) in [6.45, 7) is 2.02. The summed E-state index contributed by atoms with van der Waals surface area (Å²) in [5.41, 5.74) is 0.700. The molecule has 0 amide bonds. The van der Waals surface area contributed by atoms with Gasteiger partial charge in [-0.3, -0.25) is 5.10 Å². The Morgan fingerprint density at radius 2 is 2.32 bits per heavy atom. The number of nitrogens with zero attached hydrogens (tertiary/aromatic N) is 5. The highest BCUT2D eigenvalue weighted by atomic mass is 35.5. The van der Waals surface area contributed by atoms with E-state index in [-0.39, 0.29) is 5.28 Å². The zero-order valence-corrected chi connectivity index (χ0v) is 11.9. The minimum atomic E-state index is 0.266. The van der Waals surface area contributed by atoms with Crippen molar-refractivity contribution in [2.24, 2.45) is 0 Å². The molecular formula is C12H17ClN6. The van der Waals surface area contributed by atoms with Crippen molar-refractivity contribution >= 4 is 28.5 Å². The van der Waals surface area contributed by atoms with E-state index in [4.69, 9.17) is 11.6 Å². The summed E-state index contributed by atoms with van der Waals surface area (Å²) in [6.07, 6.45) is 4.13. The van der Waals surface area contributed by atoms with Gasteiger partial charge in [0.15, 0.2) is 5.65 Å². The molecule has 0 spiro atoms. The van der Waals surface area contributed by atoms with Gasteiger partial charge >= 0.3 is 0 Å². The number of halogens is 1. The van der Waals surface area contributed by atoms with Gasteiger partial charge in [-0.2, -0.15) is 15.1 Å². The van der Waals surface area contributed by atoms with Crippen LogP contribution in [0, 0.1) is 0 Å². The minimum Gasteiger partial charge on any atom is -0.352 e. The van der Waals surface area contributed by atoms with Crippen LogP contribution in [0.5, 0.6) is 0 Å². The number of H-pyrrole nitrogens is 1. The first-order valence-corrected chi connectivity index (χ1v) is 6.81. The van der Waals surface area contributed by atoms with Crippen LogP contribution in [0.2, 0.25) is 5.28 Å². The monoisotopic (exact) mass is 280 g/mol. The van der Waals surface area contributed by atoms with E-state index in [0.29, 0.717) is 11.7 Å². The molecule has 3 rings (SSSR count). The number of likely N-dealkylation sites (N-methyl/N-ethyl adjacent to an activating group) is 1. The fourth-order valence-corrected chi connectivity index (χ4v) is 2.90. The Labute approximate surface area is 116 Å². The molecule has 7 heteroatoms. The first-order valence-electron chi connectivity index (χ1n) is 6.43. The summed E-state index contributed by atoms with van der Waals surface area (Å²) < 4.78 is 0. The van der Waals surface area contributed by atoms with Crippen molar-refractivity contribution < 1.29 is 0 Å². The van der Waals surface area contributed by atoms with Crippen LogP contribution in [0.3, 0.4) is 0 Å². The fourth-order valence-electron chi connectivity index (χ4n) is 2.74. The molecule has 2 aromatic rings. The van der Waals surface area contributed by atoms with Crippen molar-refractivity contribution in [3.63, 3.8) is 0 Å². The Kier molecular flexibility index (Phi) is 3.28. The van der Waals surface area contributed by atoms with E-state index in [2.05, 4.69) is 44.1 Å². The summed E-state index contributed by atoms with van der Waals surface area (Å²) in [6, 6.07) is 0.471. The number of anilines is 1. The van der Waals surface area contributed by atoms with Crippen LogP contribution in [0.15, 0.2) is 6.20 Å². The largest absolute Gasteiger partial charge is 0.352 e. The smallest absolute Gasteiger partial charge is 0.226 e. The molecule has 1 saturated heterocycles. The normalized spacial score (nSPS) is 19.8. The van der Waals surface area contributed by atoms with Crippen LogP contribution in [0.1, 0.15) is 12.8 Å². The van der Waals surface area contributed by atoms with Crippen LogP contribution in [-0.2, 0) is 0 Å². The van der Waals surface area contributed by atoms with Crippen LogP contribution in [0.25, 0.3) is 11.0 Å². The van der Waals surface area contributed by atoms with E-state index in [1.807, 2.05) is 0 Å². The lowest BCUT2D eigenvalue weighted by Crippen LogP contribution is -2.38. The minimum absolute atomic E-state index is 0.266. The van der Waals surface area contributed by atoms with Crippen molar-refractivity contribution in [3.05, 3.63) is 11.5 Å². The second-order valence-electron chi connectivity index (χ2n) is 5.20. The number of nitrogens with one attached hydrogen (secondary N) is 1. The van der Waals surface area contributed by atoms with Gasteiger partial charge in [-0.05, 0) is 38.5 Å². The number of aromatic nitrogens is 4. The Morgan fingerprint density at radius 3 is 3.11 bits per heavy atom. The Bertz CT molecular complexity index is 581. The number of aromatic amines is 1. The van der Waals surface area contributed by atoms with Gasteiger partial charge in [0.1, 0.15) is 5.82 Å². The third-order valence-electron chi connectivity index (χ3n) is 3.49. The maximum Gasteiger partial charge on any atom is 0.226 e. The SMILES string of the molecule is CN(C)CC1CCCN1c1nc(Cl)nc2[nH]ncc12. The van der Waals surface area contributed by atoms with Crippen molar-refractivity contribution in [3.8, 4) is 0 Å². The third-order valence-corrected chi connectivity index (χ3v) is 3.66. The summed E-state index contributed by atoms with van der Waals surface area (Å²) >= 11 is 6.01. The number of fused-ring (bicyclic) bond motifs is 1. The molecule has 1 aliphatic rings. The molecule has 0 radical (unpaired) electrons. The average Bonchev–Trinajstić information content (AvgIpc) is 2.95. The molecule has 1 N–H and O–H groups in total. The van der Waals surface area contributed by atoms with Gasteiger partial charge in [0.25, 0.3) is 0 Å². The van der Waals surface area contributed by atoms with Gasteiger partial charge in [0.05, 0.1) is 11.6 Å². The molecule has 1 aliphatic heterocycles. The van der Waals surface area contributed by atoms with Gasteiger partial charge in [-0.15, -0.1) is 0 Å². The third kappa shape index (κ3) is 2.37. The second kappa shape index (κ2) is 4.94. The fraction of sp³-hybridized carbons (Fsp3) is 0.583. The predicted molar refractivity (Wildman–Crippen MR) is 75.6 cm³/mol. The Hall–Kier alpha value is -1.40. The first-order chi connectivity index (χ1) is 9.15. The molecule has 1 fully saturated rings. The molecule has 1 atom stereocenters. The molecular weight excluding hydrogens is 264 g/mol. The lowest BCUT2D eigenvalue weighted by molar-refractivity contribution is 0.371. The van der Waals surface area contributed by atoms with Crippen molar-refractivity contribution in [1.29, 1.82) is 0 Å². The lowest BCUT2D eigenvalue weighted by atomic mass is 10.2.